The van der Waals surface area contributed by atoms with Gasteiger partial charge < -0.3 is 0 Å². The van der Waals surface area contributed by atoms with Crippen LogP contribution < -0.4 is 10.0 Å². The molecule has 4 rings (SSSR count). The molecule has 2 N–H and O–H groups in total. The minimum Gasteiger partial charge on any atom is -0.298 e. The highest BCUT2D eigenvalue weighted by Gasteiger charge is 2.31. The van der Waals surface area contributed by atoms with Gasteiger partial charge in [-0.1, -0.05) is 6.07 Å². The molecule has 1 saturated heterocycles. The van der Waals surface area contributed by atoms with E-state index in [1.807, 2.05) is 12.1 Å². The molecule has 0 unspecified atom stereocenters. The number of hydrogen-bond acceptors (Lipinski definition) is 8. The van der Waals surface area contributed by atoms with Crippen molar-refractivity contribution in [3.63, 3.8) is 0 Å². The second-order valence-electron chi connectivity index (χ2n) is 6.95. The van der Waals surface area contributed by atoms with E-state index in [0.29, 0.717) is 16.5 Å². The Balaban J connectivity index is 1.42. The van der Waals surface area contributed by atoms with Crippen LogP contribution >= 0.6 is 11.3 Å². The van der Waals surface area contributed by atoms with Gasteiger partial charge in [-0.05, 0) is 42.8 Å². The Labute approximate surface area is 183 Å². The van der Waals surface area contributed by atoms with Crippen LogP contribution in [-0.4, -0.2) is 50.3 Å². The maximum Gasteiger partial charge on any atom is 0.257 e. The van der Waals surface area contributed by atoms with E-state index >= 15 is 0 Å². The fourth-order valence-corrected chi connectivity index (χ4v) is 6.84. The second kappa shape index (κ2) is 8.46. The summed E-state index contributed by atoms with van der Waals surface area (Å²) < 4.78 is 50.4. The number of pyridine rings is 1. The molecule has 0 spiro atoms. The summed E-state index contributed by atoms with van der Waals surface area (Å²) in [6.07, 6.45) is 1.90. The molecule has 2 aromatic heterocycles. The Morgan fingerprint density at radius 1 is 1.10 bits per heavy atom. The number of nitrogens with one attached hydrogen (secondary N) is 2. The van der Waals surface area contributed by atoms with Crippen molar-refractivity contribution in [1.29, 1.82) is 0 Å². The lowest BCUT2D eigenvalue weighted by molar-refractivity contribution is 0.102. The van der Waals surface area contributed by atoms with Crippen LogP contribution in [-0.2, 0) is 19.9 Å². The molecule has 0 radical (unpaired) electrons. The van der Waals surface area contributed by atoms with Gasteiger partial charge in [0.1, 0.15) is 5.69 Å². The Bertz CT molecular complexity index is 1300. The lowest BCUT2D eigenvalue weighted by Crippen LogP contribution is -2.35. The summed E-state index contributed by atoms with van der Waals surface area (Å²) >= 11 is 1.25. The largest absolute Gasteiger partial charge is 0.298 e. The summed E-state index contributed by atoms with van der Waals surface area (Å²) in [6.45, 7) is 0. The topological polar surface area (TPSA) is 135 Å². The lowest BCUT2D eigenvalue weighted by Gasteiger charge is -2.12. The van der Waals surface area contributed by atoms with Crippen molar-refractivity contribution < 1.29 is 21.6 Å². The average Bonchev–Trinajstić information content (AvgIpc) is 3.34. The number of hydrogen-bond donors (Lipinski definition) is 2. The number of anilines is 1. The second-order valence-corrected chi connectivity index (χ2v) is 11.8. The van der Waals surface area contributed by atoms with Crippen molar-refractivity contribution in [2.75, 3.05) is 16.8 Å². The van der Waals surface area contributed by atoms with Gasteiger partial charge in [-0.25, -0.2) is 26.5 Å². The zero-order chi connectivity index (χ0) is 22.1. The van der Waals surface area contributed by atoms with Gasteiger partial charge in [-0.3, -0.25) is 15.1 Å². The highest BCUT2D eigenvalue weighted by molar-refractivity contribution is 7.92. The van der Waals surface area contributed by atoms with Crippen molar-refractivity contribution >= 4 is 42.2 Å². The molecule has 3 aromatic rings. The maximum absolute atomic E-state index is 12.5. The third-order valence-electron chi connectivity index (χ3n) is 4.63. The number of benzene rings is 1. The summed E-state index contributed by atoms with van der Waals surface area (Å²) in [5, 5.41) is 4.86. The SMILES string of the molecule is O=C(Nc1nc(-c2ccccn2)cs1)c1ccc(S(=O)(=O)N[C@@H]2CCS(=O)(=O)C2)cc1. The highest BCUT2D eigenvalue weighted by Crippen LogP contribution is 2.24. The van der Waals surface area contributed by atoms with Crippen LogP contribution in [0.15, 0.2) is 58.9 Å². The zero-order valence-electron chi connectivity index (χ0n) is 16.1. The van der Waals surface area contributed by atoms with Crippen molar-refractivity contribution in [3.05, 3.63) is 59.6 Å². The van der Waals surface area contributed by atoms with Crippen LogP contribution in [0.1, 0.15) is 16.8 Å². The third kappa shape index (κ3) is 5.15. The molecule has 9 nitrogen and oxygen atoms in total. The van der Waals surface area contributed by atoms with E-state index in [0.717, 1.165) is 0 Å². The minimum absolute atomic E-state index is 0.0297. The molecule has 1 aliphatic rings. The smallest absolute Gasteiger partial charge is 0.257 e. The summed E-state index contributed by atoms with van der Waals surface area (Å²) in [7, 11) is -7.09. The molecule has 12 heteroatoms. The summed E-state index contributed by atoms with van der Waals surface area (Å²) in [4.78, 5) is 21.0. The van der Waals surface area contributed by atoms with E-state index in [1.54, 1.807) is 17.6 Å². The molecule has 1 aromatic carbocycles. The third-order valence-corrected chi connectivity index (χ3v) is 8.70. The minimum atomic E-state index is -3.89. The first kappa shape index (κ1) is 21.6. The van der Waals surface area contributed by atoms with Crippen LogP contribution in [0.4, 0.5) is 5.13 Å². The summed E-state index contributed by atoms with van der Waals surface area (Å²) in [5.74, 6) is -0.667. The first-order valence-corrected chi connectivity index (χ1v) is 13.4. The van der Waals surface area contributed by atoms with E-state index in [1.165, 1.54) is 35.6 Å². The fraction of sp³-hybridized carbons (Fsp3) is 0.211. The van der Waals surface area contributed by atoms with Gasteiger partial charge in [0.2, 0.25) is 10.0 Å². The van der Waals surface area contributed by atoms with E-state index in [2.05, 4.69) is 20.0 Å². The van der Waals surface area contributed by atoms with E-state index in [9.17, 15) is 21.6 Å². The molecular weight excluding hydrogens is 460 g/mol. The van der Waals surface area contributed by atoms with E-state index in [-0.39, 0.29) is 28.4 Å². The maximum atomic E-state index is 12.5. The number of carbonyl (C=O) groups is 1. The Morgan fingerprint density at radius 3 is 2.52 bits per heavy atom. The number of rotatable bonds is 6. The molecule has 1 amide bonds. The van der Waals surface area contributed by atoms with Crippen LogP contribution in [0.5, 0.6) is 0 Å². The predicted molar refractivity (Wildman–Crippen MR) is 117 cm³/mol. The van der Waals surface area contributed by atoms with Gasteiger partial charge in [-0.15, -0.1) is 11.3 Å². The van der Waals surface area contributed by atoms with Crippen molar-refractivity contribution in [3.8, 4) is 11.4 Å². The average molecular weight is 479 g/mol. The van der Waals surface area contributed by atoms with E-state index < -0.39 is 31.8 Å². The van der Waals surface area contributed by atoms with Crippen molar-refractivity contribution in [2.24, 2.45) is 0 Å². The number of sulfone groups is 1. The molecule has 1 atom stereocenters. The predicted octanol–water partition coefficient (Wildman–Crippen LogP) is 1.92. The monoisotopic (exact) mass is 478 g/mol. The molecule has 0 aliphatic carbocycles. The number of amides is 1. The van der Waals surface area contributed by atoms with Gasteiger partial charge in [0.05, 0.1) is 22.1 Å². The van der Waals surface area contributed by atoms with Crippen LogP contribution in [0.2, 0.25) is 0 Å². The number of nitrogens with zero attached hydrogens (tertiary/aromatic N) is 2. The zero-order valence-corrected chi connectivity index (χ0v) is 18.5. The molecular formula is C19H18N4O5S3. The number of aromatic nitrogens is 2. The Morgan fingerprint density at radius 2 is 1.87 bits per heavy atom. The summed E-state index contributed by atoms with van der Waals surface area (Å²) in [6, 6.07) is 10.2. The molecule has 31 heavy (non-hydrogen) atoms. The fourth-order valence-electron chi connectivity index (χ4n) is 3.09. The number of thiazole rings is 1. The molecule has 3 heterocycles. The molecule has 162 valence electrons. The van der Waals surface area contributed by atoms with Crippen LogP contribution in [0.25, 0.3) is 11.4 Å². The number of sulfonamides is 1. The van der Waals surface area contributed by atoms with Crippen molar-refractivity contribution in [1.82, 2.24) is 14.7 Å². The van der Waals surface area contributed by atoms with Crippen LogP contribution in [0.3, 0.4) is 0 Å². The van der Waals surface area contributed by atoms with Gasteiger partial charge in [0.15, 0.2) is 15.0 Å². The van der Waals surface area contributed by atoms with Gasteiger partial charge in [0.25, 0.3) is 5.91 Å². The first-order valence-electron chi connectivity index (χ1n) is 9.23. The lowest BCUT2D eigenvalue weighted by atomic mass is 10.2. The highest BCUT2D eigenvalue weighted by atomic mass is 32.2. The number of carbonyl (C=O) groups excluding carboxylic acids is 1. The van der Waals surface area contributed by atoms with Crippen LogP contribution in [0, 0.1) is 0 Å². The first-order chi connectivity index (χ1) is 14.7. The van der Waals surface area contributed by atoms with Gasteiger partial charge >= 0.3 is 0 Å². The van der Waals surface area contributed by atoms with Gasteiger partial charge in [-0.2, -0.15) is 0 Å². The van der Waals surface area contributed by atoms with E-state index in [4.69, 9.17) is 0 Å². The molecule has 0 saturated carbocycles. The normalized spacial score (nSPS) is 18.0. The quantitative estimate of drug-likeness (QED) is 0.552. The standard InChI is InChI=1S/C19H18N4O5S3/c24-18(22-19-21-17(11-29-19)16-3-1-2-9-20-16)13-4-6-15(7-5-13)31(27,28)23-14-8-10-30(25,26)12-14/h1-7,9,11,14,23H,8,10,12H2,(H,21,22,24)/t14-/m1/s1. The summed E-state index contributed by atoms with van der Waals surface area (Å²) in [5.41, 5.74) is 1.59. The van der Waals surface area contributed by atoms with Crippen molar-refractivity contribution in [2.45, 2.75) is 17.4 Å². The Kier molecular flexibility index (Phi) is 5.88. The molecule has 0 bridgehead atoms. The van der Waals surface area contributed by atoms with Gasteiger partial charge in [0, 0.05) is 23.2 Å². The molecule has 1 aliphatic heterocycles. The molecule has 1 fully saturated rings. The Hall–Kier alpha value is -2.67.